The van der Waals surface area contributed by atoms with Crippen LogP contribution in [0.4, 0.5) is 0 Å². The number of nitriles is 1. The van der Waals surface area contributed by atoms with Crippen LogP contribution in [0.2, 0.25) is 0 Å². The molecule has 4 nitrogen and oxygen atoms in total. The van der Waals surface area contributed by atoms with Gasteiger partial charge >= 0.3 is 0 Å². The van der Waals surface area contributed by atoms with Crippen molar-refractivity contribution < 1.29 is 5.11 Å². The van der Waals surface area contributed by atoms with Gasteiger partial charge in [0.15, 0.2) is 0 Å². The monoisotopic (exact) mass is 447 g/mol. The molecule has 0 aliphatic rings. The van der Waals surface area contributed by atoms with E-state index >= 15 is 0 Å². The zero-order valence-corrected chi connectivity index (χ0v) is 18.3. The van der Waals surface area contributed by atoms with E-state index in [4.69, 9.17) is 0 Å². The molecule has 0 fully saturated rings. The van der Waals surface area contributed by atoms with E-state index in [0.29, 0.717) is 11.6 Å². The summed E-state index contributed by atoms with van der Waals surface area (Å²) >= 11 is 4.82. The molecule has 2 rings (SSSR count). The fourth-order valence-corrected chi connectivity index (χ4v) is 3.81. The number of halogens is 1. The van der Waals surface area contributed by atoms with E-state index in [-0.39, 0.29) is 11.3 Å². The minimum absolute atomic E-state index is 0.112. The lowest BCUT2D eigenvalue weighted by molar-refractivity contribution is 0.244. The predicted octanol–water partition coefficient (Wildman–Crippen LogP) is 6.27. The van der Waals surface area contributed by atoms with Crippen molar-refractivity contribution in [1.29, 1.82) is 5.26 Å². The Kier molecular flexibility index (Phi) is 8.99. The number of rotatable bonds is 10. The first-order valence-electron chi connectivity index (χ1n) is 9.35. The van der Waals surface area contributed by atoms with Crippen molar-refractivity contribution in [2.75, 3.05) is 19.6 Å². The van der Waals surface area contributed by atoms with Crippen LogP contribution in [0.25, 0.3) is 16.8 Å². The molecule has 6 heteroatoms. The molecule has 0 amide bonds. The fourth-order valence-electron chi connectivity index (χ4n) is 2.70. The largest absolute Gasteiger partial charge is 0.509 e. The van der Waals surface area contributed by atoms with Gasteiger partial charge in [-0.2, -0.15) is 5.26 Å². The van der Waals surface area contributed by atoms with Gasteiger partial charge in [0.1, 0.15) is 22.4 Å². The van der Waals surface area contributed by atoms with Gasteiger partial charge in [-0.3, -0.25) is 4.90 Å². The van der Waals surface area contributed by atoms with Gasteiger partial charge in [-0.25, -0.2) is 4.98 Å². The second-order valence-corrected chi connectivity index (χ2v) is 8.24. The van der Waals surface area contributed by atoms with Crippen molar-refractivity contribution in [3.05, 3.63) is 44.9 Å². The highest BCUT2D eigenvalue weighted by molar-refractivity contribution is 9.10. The standard InChI is InChI=1S/C21H26BrN3OS/c1-3-5-11-25(12-6-4-2)14-20(26)18(13-23)21-24-19(15-27-21)16-7-9-17(22)10-8-16/h7-10,15,26H,3-6,11-12,14H2,1-2H3/b20-18-. The van der Waals surface area contributed by atoms with Crippen molar-refractivity contribution in [2.24, 2.45) is 0 Å². The maximum absolute atomic E-state index is 10.6. The van der Waals surface area contributed by atoms with Crippen LogP contribution in [-0.4, -0.2) is 34.6 Å². The molecule has 0 saturated carbocycles. The van der Waals surface area contributed by atoms with E-state index in [1.165, 1.54) is 11.3 Å². The zero-order valence-electron chi connectivity index (χ0n) is 15.9. The van der Waals surface area contributed by atoms with Crippen molar-refractivity contribution in [3.63, 3.8) is 0 Å². The van der Waals surface area contributed by atoms with Crippen LogP contribution in [0.3, 0.4) is 0 Å². The van der Waals surface area contributed by atoms with Gasteiger partial charge in [0.2, 0.25) is 0 Å². The van der Waals surface area contributed by atoms with Crippen LogP contribution in [0.1, 0.15) is 44.5 Å². The third kappa shape index (κ3) is 6.46. The molecule has 0 saturated heterocycles. The molecule has 0 atom stereocenters. The summed E-state index contributed by atoms with van der Waals surface area (Å²) in [4.78, 5) is 6.80. The Hall–Kier alpha value is -1.68. The van der Waals surface area contributed by atoms with E-state index in [0.717, 1.165) is 54.5 Å². The van der Waals surface area contributed by atoms with Crippen LogP contribution >= 0.6 is 27.3 Å². The van der Waals surface area contributed by atoms with E-state index in [9.17, 15) is 10.4 Å². The quantitative estimate of drug-likeness (QED) is 0.344. The van der Waals surface area contributed by atoms with Crippen molar-refractivity contribution in [2.45, 2.75) is 39.5 Å². The van der Waals surface area contributed by atoms with Crippen LogP contribution in [0.5, 0.6) is 0 Å². The number of benzene rings is 1. The summed E-state index contributed by atoms with van der Waals surface area (Å²) in [6, 6.07) is 10.0. The highest BCUT2D eigenvalue weighted by Gasteiger charge is 2.16. The molecule has 0 aliphatic carbocycles. The van der Waals surface area contributed by atoms with Crippen molar-refractivity contribution in [3.8, 4) is 17.3 Å². The molecular formula is C21H26BrN3OS. The first kappa shape index (κ1) is 21.6. The molecule has 1 aromatic carbocycles. The summed E-state index contributed by atoms with van der Waals surface area (Å²) in [5.74, 6) is 0.112. The average Bonchev–Trinajstić information content (AvgIpc) is 3.14. The van der Waals surface area contributed by atoms with Crippen LogP contribution in [0.15, 0.2) is 39.9 Å². The number of hydrogen-bond donors (Lipinski definition) is 1. The first-order chi connectivity index (χ1) is 13.1. The van der Waals surface area contributed by atoms with E-state index in [1.54, 1.807) is 0 Å². The molecule has 27 heavy (non-hydrogen) atoms. The van der Waals surface area contributed by atoms with Crippen LogP contribution in [0, 0.1) is 11.3 Å². The maximum atomic E-state index is 10.6. The van der Waals surface area contributed by atoms with Gasteiger partial charge in [-0.05, 0) is 38.1 Å². The first-order valence-corrected chi connectivity index (χ1v) is 11.0. The number of unbranched alkanes of at least 4 members (excludes halogenated alkanes) is 2. The number of aliphatic hydroxyl groups is 1. The highest BCUT2D eigenvalue weighted by atomic mass is 79.9. The van der Waals surface area contributed by atoms with Gasteiger partial charge in [0.25, 0.3) is 0 Å². The van der Waals surface area contributed by atoms with E-state index in [2.05, 4.69) is 45.7 Å². The minimum Gasteiger partial charge on any atom is -0.509 e. The van der Waals surface area contributed by atoms with E-state index < -0.39 is 0 Å². The lowest BCUT2D eigenvalue weighted by Gasteiger charge is -2.21. The Morgan fingerprint density at radius 2 is 1.81 bits per heavy atom. The van der Waals surface area contributed by atoms with Gasteiger partial charge in [0, 0.05) is 15.4 Å². The SMILES string of the molecule is CCCCN(CCCC)C/C(O)=C(\C#N)c1nc(-c2ccc(Br)cc2)cs1. The third-order valence-corrected chi connectivity index (χ3v) is 5.68. The lowest BCUT2D eigenvalue weighted by atomic mass is 10.2. The Morgan fingerprint density at radius 3 is 2.37 bits per heavy atom. The Bertz CT molecular complexity index is 785. The van der Waals surface area contributed by atoms with Crippen molar-refractivity contribution >= 4 is 32.8 Å². The third-order valence-electron chi connectivity index (χ3n) is 4.29. The molecule has 144 valence electrons. The topological polar surface area (TPSA) is 60.1 Å². The smallest absolute Gasteiger partial charge is 0.138 e. The zero-order chi connectivity index (χ0) is 19.6. The normalized spacial score (nSPS) is 12.1. The Labute approximate surface area is 174 Å². The molecule has 1 aromatic heterocycles. The van der Waals surface area contributed by atoms with Gasteiger partial charge in [-0.1, -0.05) is 54.8 Å². The molecule has 0 spiro atoms. The Balaban J connectivity index is 2.20. The summed E-state index contributed by atoms with van der Waals surface area (Å²) in [7, 11) is 0. The number of nitrogens with zero attached hydrogens (tertiary/aromatic N) is 3. The average molecular weight is 448 g/mol. The lowest BCUT2D eigenvalue weighted by Crippen LogP contribution is -2.28. The molecular weight excluding hydrogens is 422 g/mol. The van der Waals surface area contributed by atoms with Crippen LogP contribution in [-0.2, 0) is 0 Å². The Morgan fingerprint density at radius 1 is 1.19 bits per heavy atom. The van der Waals surface area contributed by atoms with Crippen LogP contribution < -0.4 is 0 Å². The summed E-state index contributed by atoms with van der Waals surface area (Å²) < 4.78 is 1.01. The molecule has 0 radical (unpaired) electrons. The minimum atomic E-state index is 0.112. The molecule has 1 N–H and O–H groups in total. The molecule has 0 aliphatic heterocycles. The van der Waals surface area contributed by atoms with Gasteiger partial charge in [0.05, 0.1) is 12.2 Å². The highest BCUT2D eigenvalue weighted by Crippen LogP contribution is 2.28. The number of thiazole rings is 1. The van der Waals surface area contributed by atoms with Gasteiger partial charge < -0.3 is 5.11 Å². The summed E-state index contributed by atoms with van der Waals surface area (Å²) in [6.45, 7) is 6.58. The fraction of sp³-hybridized carbons (Fsp3) is 0.429. The summed E-state index contributed by atoms with van der Waals surface area (Å²) in [6.07, 6.45) is 4.40. The van der Waals surface area contributed by atoms with Crippen molar-refractivity contribution in [1.82, 2.24) is 9.88 Å². The number of hydrogen-bond acceptors (Lipinski definition) is 5. The molecule has 1 heterocycles. The summed E-state index contributed by atoms with van der Waals surface area (Å²) in [5.41, 5.74) is 2.09. The predicted molar refractivity (Wildman–Crippen MR) is 117 cm³/mol. The molecule has 0 unspecified atom stereocenters. The number of aliphatic hydroxyl groups excluding tert-OH is 1. The summed E-state index contributed by atoms with van der Waals surface area (Å²) in [5, 5.41) is 22.7. The molecule has 0 bridgehead atoms. The van der Waals surface area contributed by atoms with Gasteiger partial charge in [-0.15, -0.1) is 11.3 Å². The second-order valence-electron chi connectivity index (χ2n) is 6.46. The molecule has 2 aromatic rings. The van der Waals surface area contributed by atoms with E-state index in [1.807, 2.05) is 29.6 Å². The maximum Gasteiger partial charge on any atom is 0.138 e. The second kappa shape index (κ2) is 11.2. The number of allylic oxidation sites excluding steroid dienone is 1. The number of aromatic nitrogens is 1.